The lowest BCUT2D eigenvalue weighted by Gasteiger charge is -2.46. The van der Waals surface area contributed by atoms with Gasteiger partial charge in [-0.1, -0.05) is 334 Å². The number of nitrogens with zero attached hydrogens (tertiary/aromatic N) is 3. The molecular formula is C90H64BN3Si2. The summed E-state index contributed by atoms with van der Waals surface area (Å²) in [6.07, 6.45) is 0. The zero-order valence-corrected chi connectivity index (χ0v) is 54.9. The first kappa shape index (κ1) is 56.9. The molecule has 0 saturated heterocycles. The number of rotatable bonds is 13. The first-order valence-corrected chi connectivity index (χ1v) is 37.3. The third kappa shape index (κ3) is 9.01. The first-order chi connectivity index (χ1) is 47.7. The van der Waals surface area contributed by atoms with Gasteiger partial charge in [0.15, 0.2) is 16.1 Å². The summed E-state index contributed by atoms with van der Waals surface area (Å²) >= 11 is 0. The third-order valence-electron chi connectivity index (χ3n) is 20.4. The molecule has 3 nitrogen and oxygen atoms in total. The van der Waals surface area contributed by atoms with Gasteiger partial charge in [0.1, 0.15) is 0 Å². The molecule has 15 aromatic carbocycles. The van der Waals surface area contributed by atoms with Crippen LogP contribution in [0.1, 0.15) is 0 Å². The van der Waals surface area contributed by atoms with Crippen LogP contribution < -0.4 is 67.7 Å². The maximum Gasteiger partial charge on any atom is 0.252 e. The molecule has 16 aromatic rings. The van der Waals surface area contributed by atoms with Crippen molar-refractivity contribution in [2.75, 3.05) is 9.80 Å². The Balaban J connectivity index is 0.996. The lowest BCUT2D eigenvalue weighted by molar-refractivity contribution is 1.16. The van der Waals surface area contributed by atoms with Crippen LogP contribution in [0.25, 0.3) is 49.7 Å². The van der Waals surface area contributed by atoms with Crippen LogP contribution in [0.15, 0.2) is 388 Å². The van der Waals surface area contributed by atoms with Gasteiger partial charge >= 0.3 is 0 Å². The fraction of sp³-hybridized carbons (Fsp3) is 0. The van der Waals surface area contributed by atoms with Gasteiger partial charge in [-0.2, -0.15) is 0 Å². The van der Waals surface area contributed by atoms with Gasteiger partial charge in [0, 0.05) is 44.8 Å². The Morgan fingerprint density at radius 1 is 0.219 bits per heavy atom. The average Bonchev–Trinajstić information content (AvgIpc) is 0.710. The van der Waals surface area contributed by atoms with Crippen LogP contribution >= 0.6 is 0 Å². The van der Waals surface area contributed by atoms with E-state index >= 15 is 0 Å². The minimum atomic E-state index is -3.11. The van der Waals surface area contributed by atoms with Gasteiger partial charge in [-0.25, -0.2) is 0 Å². The molecular weight excluding hydrogens is 1190 g/mol. The third-order valence-corrected chi connectivity index (χ3v) is 30.0. The van der Waals surface area contributed by atoms with Crippen LogP contribution in [-0.4, -0.2) is 27.4 Å². The average molecular weight is 1250 g/mol. The summed E-state index contributed by atoms with van der Waals surface area (Å²) < 4.78 is 2.53. The molecule has 0 unspecified atom stereocenters. The lowest BCUT2D eigenvalue weighted by Crippen LogP contribution is -2.75. The Hall–Kier alpha value is -11.8. The number of para-hydroxylation sites is 3. The molecule has 0 amide bonds. The molecule has 0 spiro atoms. The van der Waals surface area contributed by atoms with Gasteiger partial charge in [0.2, 0.25) is 0 Å². The highest BCUT2D eigenvalue weighted by Crippen LogP contribution is 2.48. The van der Waals surface area contributed by atoms with Crippen molar-refractivity contribution in [3.05, 3.63) is 388 Å². The highest BCUT2D eigenvalue weighted by atomic mass is 28.3. The van der Waals surface area contributed by atoms with E-state index in [2.05, 4.69) is 403 Å². The summed E-state index contributed by atoms with van der Waals surface area (Å²) in [6.45, 7) is -0.211. The molecule has 18 rings (SSSR count). The Labute approximate surface area is 563 Å². The van der Waals surface area contributed by atoms with Crippen LogP contribution in [0.5, 0.6) is 0 Å². The summed E-state index contributed by atoms with van der Waals surface area (Å²) in [5, 5.41) is 13.0. The van der Waals surface area contributed by atoms with Crippen molar-refractivity contribution in [2.24, 2.45) is 0 Å². The van der Waals surface area contributed by atoms with Gasteiger partial charge in [0.05, 0.1) is 22.4 Å². The maximum atomic E-state index is 2.67. The predicted octanol–water partition coefficient (Wildman–Crippen LogP) is 15.0. The Bertz CT molecular complexity index is 5290. The van der Waals surface area contributed by atoms with Crippen LogP contribution in [0.4, 0.5) is 34.1 Å². The van der Waals surface area contributed by atoms with Gasteiger partial charge in [0.25, 0.3) is 6.71 Å². The van der Waals surface area contributed by atoms with Gasteiger partial charge in [-0.3, -0.25) is 0 Å². The summed E-state index contributed by atoms with van der Waals surface area (Å²) in [5.74, 6) is 0. The largest absolute Gasteiger partial charge is 0.311 e. The molecule has 2 aliphatic heterocycles. The molecule has 0 bridgehead atoms. The quantitative estimate of drug-likeness (QED) is 0.0842. The smallest absolute Gasteiger partial charge is 0.252 e. The number of fused-ring (bicyclic) bond motifs is 7. The van der Waals surface area contributed by atoms with Crippen molar-refractivity contribution in [1.29, 1.82) is 0 Å². The molecule has 1 aromatic heterocycles. The fourth-order valence-electron chi connectivity index (χ4n) is 16.4. The summed E-state index contributed by atoms with van der Waals surface area (Å²) in [6, 6.07) is 147. The van der Waals surface area contributed by atoms with E-state index in [4.69, 9.17) is 0 Å². The predicted molar refractivity (Wildman–Crippen MR) is 413 cm³/mol. The van der Waals surface area contributed by atoms with Crippen molar-refractivity contribution in [3.8, 4) is 27.9 Å². The molecule has 0 saturated carbocycles. The molecule has 0 radical (unpaired) electrons. The Morgan fingerprint density at radius 3 is 1.15 bits per heavy atom. The van der Waals surface area contributed by atoms with Gasteiger partial charge < -0.3 is 14.4 Å². The second-order valence-electron chi connectivity index (χ2n) is 25.4. The molecule has 96 heavy (non-hydrogen) atoms. The molecule has 3 heterocycles. The normalized spacial score (nSPS) is 12.5. The lowest BCUT2D eigenvalue weighted by atomic mass is 9.33. The zero-order valence-electron chi connectivity index (χ0n) is 52.9. The molecule has 450 valence electrons. The van der Waals surface area contributed by atoms with Crippen molar-refractivity contribution in [1.82, 2.24) is 4.57 Å². The number of benzene rings is 15. The van der Waals surface area contributed by atoms with E-state index in [9.17, 15) is 0 Å². The Morgan fingerprint density at radius 2 is 0.635 bits per heavy atom. The maximum absolute atomic E-state index is 3.11. The number of aromatic nitrogens is 1. The van der Waals surface area contributed by atoms with Crippen LogP contribution in [-0.2, 0) is 0 Å². The summed E-state index contributed by atoms with van der Waals surface area (Å²) in [5.41, 5.74) is 18.6. The molecule has 2 aliphatic rings. The molecule has 6 heteroatoms. The van der Waals surface area contributed by atoms with E-state index < -0.39 is 16.1 Å². The highest BCUT2D eigenvalue weighted by molar-refractivity contribution is 7.20. The van der Waals surface area contributed by atoms with Crippen LogP contribution in [0, 0.1) is 0 Å². The Kier molecular flexibility index (Phi) is 14.0. The minimum Gasteiger partial charge on any atom is -0.311 e. The standard InChI is InChI=1S/C90H64BN3Si2/c1-9-32-65(33-10-1)67-56-59-86-82(60-67)91-81-58-57-77(96(73-43-19-6-20-44-73,74-45-21-7-22-46-74)75-47-23-8-24-48-75)64-87(81)94(83-53-28-25-50-78(83)66-34-11-2-12-35-66)89-63-69(93-84-54-29-26-51-79(84)80-52-27-30-55-85(80)93)62-88(90(89)91)92(86)68-36-31-49-76(61-68)95(70-37-13-3-14-38-70,71-39-15-4-16-40-71)72-41-17-5-18-42-72/h1-64H. The van der Waals surface area contributed by atoms with E-state index in [1.54, 1.807) is 0 Å². The van der Waals surface area contributed by atoms with E-state index in [1.807, 2.05) is 0 Å². The van der Waals surface area contributed by atoms with Crippen molar-refractivity contribution < 1.29 is 0 Å². The minimum absolute atomic E-state index is 0.211. The second kappa shape index (κ2) is 23.6. The van der Waals surface area contributed by atoms with Gasteiger partial charge in [-0.15, -0.1) is 0 Å². The summed E-state index contributed by atoms with van der Waals surface area (Å²) in [4.78, 5) is 5.31. The van der Waals surface area contributed by atoms with Crippen molar-refractivity contribution >= 4 is 137 Å². The van der Waals surface area contributed by atoms with E-state index in [0.29, 0.717) is 0 Å². The second-order valence-corrected chi connectivity index (χ2v) is 33.0. The number of anilines is 6. The zero-order chi connectivity index (χ0) is 63.6. The van der Waals surface area contributed by atoms with Crippen molar-refractivity contribution in [2.45, 2.75) is 0 Å². The van der Waals surface area contributed by atoms with Crippen molar-refractivity contribution in [3.63, 3.8) is 0 Å². The highest BCUT2D eigenvalue weighted by Gasteiger charge is 2.48. The van der Waals surface area contributed by atoms with E-state index in [0.717, 1.165) is 62.0 Å². The van der Waals surface area contributed by atoms with E-state index in [-0.39, 0.29) is 6.71 Å². The fourth-order valence-corrected chi connectivity index (χ4v) is 26.0. The summed E-state index contributed by atoms with van der Waals surface area (Å²) in [7, 11) is -6.15. The molecule has 0 N–H and O–H groups in total. The van der Waals surface area contributed by atoms with Gasteiger partial charge in [-0.05, 0) is 129 Å². The number of hydrogen-bond donors (Lipinski definition) is 0. The molecule has 0 aliphatic carbocycles. The van der Waals surface area contributed by atoms with Crippen LogP contribution in [0.2, 0.25) is 0 Å². The molecule has 0 atom stereocenters. The number of hydrogen-bond acceptors (Lipinski definition) is 2. The first-order valence-electron chi connectivity index (χ1n) is 33.3. The molecule has 0 fully saturated rings. The SMILES string of the molecule is c1ccc(-c2ccc3c(c2)B2c4ccc([Si](c5ccccc5)(c5ccccc5)c5ccccc5)cc4N(c4ccccc4-c4ccccc4)c4cc(-n5c6ccccc6c6ccccc65)cc(c42)N3c2cccc([Si](c3ccccc3)(c3ccccc3)c3ccccc3)c2)cc1. The van der Waals surface area contributed by atoms with Crippen LogP contribution in [0.3, 0.4) is 0 Å². The monoisotopic (exact) mass is 1250 g/mol. The topological polar surface area (TPSA) is 11.4 Å². The van der Waals surface area contributed by atoms with E-state index in [1.165, 1.54) is 79.8 Å².